The van der Waals surface area contributed by atoms with Crippen molar-refractivity contribution >= 4 is 20.8 Å². The molecule has 0 aromatic rings. The number of rotatable bonds is 0. The van der Waals surface area contributed by atoms with E-state index < -0.39 is 8.53 Å². The molecule has 3 nitrogen and oxygen atoms in total. The maximum Gasteiger partial charge on any atom is 0.281 e. The molecule has 1 fully saturated rings. The Morgan fingerprint density at radius 2 is 2.00 bits per heavy atom. The Morgan fingerprint density at radius 3 is 2.00 bits per heavy atom. The molecule has 2 N–H and O–H groups in total. The maximum absolute atomic E-state index is 4.98. The van der Waals surface area contributed by atoms with E-state index in [1.54, 1.807) is 0 Å². The Bertz CT molecular complexity index is 36.6. The molecule has 0 aromatic carbocycles. The fraction of sp³-hybridized carbons (Fsp3) is 0. The zero-order chi connectivity index (χ0) is 3.70. The van der Waals surface area contributed by atoms with Crippen LogP contribution in [0.15, 0.2) is 0 Å². The lowest BCUT2D eigenvalue weighted by Crippen LogP contribution is -1.96. The fourth-order valence-electron chi connectivity index (χ4n) is 0.0656. The molecule has 5 heteroatoms. The van der Waals surface area contributed by atoms with Gasteiger partial charge in [-0.3, -0.25) is 5.50 Å². The lowest BCUT2D eigenvalue weighted by atomic mass is 13.9. The second-order valence-corrected chi connectivity index (χ2v) is 2.40. The van der Waals surface area contributed by atoms with Crippen molar-refractivity contribution in [3.63, 3.8) is 0 Å². The van der Waals surface area contributed by atoms with E-state index in [0.717, 1.165) is 12.3 Å². The summed E-state index contributed by atoms with van der Waals surface area (Å²) in [6.07, 6.45) is 0. The predicted octanol–water partition coefficient (Wildman–Crippen LogP) is 0.782. The van der Waals surface area contributed by atoms with Gasteiger partial charge < -0.3 is 0 Å². The third-order valence-corrected chi connectivity index (χ3v) is 1.87. The highest BCUT2D eigenvalue weighted by Gasteiger charge is 2.16. The van der Waals surface area contributed by atoms with Crippen molar-refractivity contribution in [2.45, 2.75) is 0 Å². The van der Waals surface area contributed by atoms with E-state index in [4.69, 9.17) is 5.50 Å². The van der Waals surface area contributed by atoms with E-state index in [9.17, 15) is 0 Å². The van der Waals surface area contributed by atoms with Gasteiger partial charge in [0.15, 0.2) is 12.3 Å². The van der Waals surface area contributed by atoms with Gasteiger partial charge in [-0.2, -0.15) is 0 Å². The van der Waals surface area contributed by atoms with E-state index in [1.807, 2.05) is 0 Å². The number of nitrogens with two attached hydrogens (primary N) is 1. The summed E-state index contributed by atoms with van der Waals surface area (Å²) in [5.74, 6) is 0. The average Bonchev–Trinajstić information content (AvgIpc) is 1.30. The molecule has 0 saturated carbocycles. The summed E-state index contributed by atoms with van der Waals surface area (Å²) in [6, 6.07) is 0. The first-order valence-corrected chi connectivity index (χ1v) is 2.87. The second kappa shape index (κ2) is 1.41. The Hall–Kier alpha value is 0.660. The Kier molecular flexibility index (Phi) is 1.08. The molecule has 1 aliphatic heterocycles. The van der Waals surface area contributed by atoms with E-state index in [-0.39, 0.29) is 0 Å². The molecule has 0 aromatic heterocycles. The summed E-state index contributed by atoms with van der Waals surface area (Å²) in [4.78, 5) is 0. The molecule has 5 heavy (non-hydrogen) atoms. The quantitative estimate of drug-likeness (QED) is 0.370. The summed E-state index contributed by atoms with van der Waals surface area (Å²) in [6.45, 7) is 0. The van der Waals surface area contributed by atoms with Gasteiger partial charge in [-0.05, 0) is 0 Å². The zero-order valence-corrected chi connectivity index (χ0v) is 3.96. The average molecular weight is 111 g/mol. The van der Waals surface area contributed by atoms with Crippen molar-refractivity contribution in [3.8, 4) is 0 Å². The van der Waals surface area contributed by atoms with Crippen LogP contribution >= 0.6 is 20.8 Å². The van der Waals surface area contributed by atoms with E-state index in [0.29, 0.717) is 0 Å². The van der Waals surface area contributed by atoms with Gasteiger partial charge in [0.05, 0.1) is 0 Å². The first-order chi connectivity index (χ1) is 2.39. The Balaban J connectivity index is 2.08. The van der Waals surface area contributed by atoms with Crippen LogP contribution in [0, 0.1) is 0 Å². The van der Waals surface area contributed by atoms with Crippen LogP contribution in [-0.2, 0) is 7.94 Å². The van der Waals surface area contributed by atoms with Crippen LogP contribution in [0.2, 0.25) is 0 Å². The van der Waals surface area contributed by atoms with Crippen molar-refractivity contribution in [2.75, 3.05) is 0 Å². The molecule has 0 amide bonds. The maximum atomic E-state index is 4.98. The summed E-state index contributed by atoms with van der Waals surface area (Å²) < 4.78 is 8.94. The van der Waals surface area contributed by atoms with Crippen LogP contribution in [0.4, 0.5) is 0 Å². The van der Waals surface area contributed by atoms with Gasteiger partial charge in [0.2, 0.25) is 0 Å². The summed E-state index contributed by atoms with van der Waals surface area (Å²) in [7, 11) is -0.955. The van der Waals surface area contributed by atoms with Crippen LogP contribution in [0.25, 0.3) is 0 Å². The van der Waals surface area contributed by atoms with Crippen LogP contribution in [0.5, 0.6) is 0 Å². The minimum atomic E-state index is -0.955. The van der Waals surface area contributed by atoms with Gasteiger partial charge in [-0.25, -0.2) is 7.94 Å². The van der Waals surface area contributed by atoms with Crippen molar-refractivity contribution in [3.05, 3.63) is 0 Å². The van der Waals surface area contributed by atoms with Crippen LogP contribution in [0.3, 0.4) is 0 Å². The second-order valence-electron chi connectivity index (χ2n) is 0.502. The minimum absolute atomic E-state index is 0.949. The predicted molar refractivity (Wildman–Crippen MR) is 20.9 cm³/mol. The molecule has 0 spiro atoms. The zero-order valence-electron chi connectivity index (χ0n) is 2.25. The molecule has 0 aliphatic carbocycles. The third kappa shape index (κ3) is 0.743. The van der Waals surface area contributed by atoms with Gasteiger partial charge in [0, 0.05) is 0 Å². The van der Waals surface area contributed by atoms with Gasteiger partial charge >= 0.3 is 0 Å². The van der Waals surface area contributed by atoms with E-state index >= 15 is 0 Å². The first-order valence-electron chi connectivity index (χ1n) is 0.957. The standard InChI is InChI=1S/H2NO2PS/c1-4-2-5-3-4/h1H2. The van der Waals surface area contributed by atoms with Crippen LogP contribution < -0.4 is 5.50 Å². The Morgan fingerprint density at radius 1 is 1.60 bits per heavy atom. The normalized spacial score (nSPS) is 25.8. The lowest BCUT2D eigenvalue weighted by molar-refractivity contribution is 0.467. The molecular formula is H2NO2PS. The van der Waals surface area contributed by atoms with Gasteiger partial charge in [0.25, 0.3) is 8.53 Å². The van der Waals surface area contributed by atoms with Crippen LogP contribution in [-0.4, -0.2) is 0 Å². The highest BCUT2D eigenvalue weighted by Crippen LogP contribution is 2.50. The Labute approximate surface area is 35.2 Å². The largest absolute Gasteiger partial charge is 0.281 e. The van der Waals surface area contributed by atoms with Crippen molar-refractivity contribution in [2.24, 2.45) is 5.50 Å². The molecule has 1 rings (SSSR count). The molecule has 0 bridgehead atoms. The lowest BCUT2D eigenvalue weighted by Gasteiger charge is -2.14. The highest BCUT2D eigenvalue weighted by atomic mass is 32.2. The molecule has 0 atom stereocenters. The van der Waals surface area contributed by atoms with E-state index in [1.165, 1.54) is 0 Å². The molecule has 1 saturated heterocycles. The molecule has 1 heterocycles. The summed E-state index contributed by atoms with van der Waals surface area (Å²) >= 11 is 0.949. The van der Waals surface area contributed by atoms with Crippen molar-refractivity contribution in [1.29, 1.82) is 0 Å². The minimum Gasteiger partial charge on any atom is -0.263 e. The van der Waals surface area contributed by atoms with Gasteiger partial charge in [-0.15, -0.1) is 0 Å². The molecular weight excluding hydrogens is 109 g/mol. The van der Waals surface area contributed by atoms with Gasteiger partial charge in [0.1, 0.15) is 0 Å². The molecule has 0 unspecified atom stereocenters. The fourth-order valence-corrected chi connectivity index (χ4v) is 0.590. The molecule has 0 radical (unpaired) electrons. The SMILES string of the molecule is NP1OSO1. The summed E-state index contributed by atoms with van der Waals surface area (Å²) in [5.41, 5.74) is 4.98. The molecule has 1 aliphatic rings. The van der Waals surface area contributed by atoms with Gasteiger partial charge in [-0.1, -0.05) is 0 Å². The number of hydrogen-bond donors (Lipinski definition) is 1. The first kappa shape index (κ1) is 3.84. The third-order valence-electron chi connectivity index (χ3n) is 0.208. The topological polar surface area (TPSA) is 44.5 Å². The van der Waals surface area contributed by atoms with Crippen LogP contribution in [0.1, 0.15) is 0 Å². The molecule has 30 valence electrons. The monoisotopic (exact) mass is 111 g/mol. The van der Waals surface area contributed by atoms with E-state index in [2.05, 4.69) is 7.94 Å². The summed E-state index contributed by atoms with van der Waals surface area (Å²) in [5, 5.41) is 0. The van der Waals surface area contributed by atoms with Crippen molar-refractivity contribution in [1.82, 2.24) is 0 Å². The highest BCUT2D eigenvalue weighted by molar-refractivity contribution is 8.01. The smallest absolute Gasteiger partial charge is 0.263 e. The van der Waals surface area contributed by atoms with Crippen molar-refractivity contribution < 1.29 is 7.94 Å². The number of hydrogen-bond acceptors (Lipinski definition) is 4.